The molecule has 104 valence electrons. The third-order valence-corrected chi connectivity index (χ3v) is 2.32. The van der Waals surface area contributed by atoms with E-state index in [-0.39, 0.29) is 12.2 Å². The highest BCUT2D eigenvalue weighted by Crippen LogP contribution is 2.22. The molecule has 1 aromatic heterocycles. The number of carbonyl (C=O) groups is 3. The van der Waals surface area contributed by atoms with Crippen LogP contribution in [0, 0.1) is 0 Å². The van der Waals surface area contributed by atoms with E-state index in [1.807, 2.05) is 0 Å². The fourth-order valence-electron chi connectivity index (χ4n) is 1.66. The van der Waals surface area contributed by atoms with E-state index < -0.39 is 23.3 Å². The Kier molecular flexibility index (Phi) is 4.64. The van der Waals surface area contributed by atoms with Gasteiger partial charge in [0.2, 0.25) is 0 Å². The molecule has 0 saturated carbocycles. The van der Waals surface area contributed by atoms with Crippen LogP contribution in [0.3, 0.4) is 0 Å². The Morgan fingerprint density at radius 1 is 1.32 bits per heavy atom. The van der Waals surface area contributed by atoms with Crippen LogP contribution in [-0.2, 0) is 19.1 Å². The SMILES string of the molecule is CC(=O)CC(=O)C(C(=O)OC(C)(C)C)c1ccc[nH]1. The predicted molar refractivity (Wildman–Crippen MR) is 69.7 cm³/mol. The predicted octanol–water partition coefficient (Wildman–Crippen LogP) is 1.99. The molecule has 0 fully saturated rings. The van der Waals surface area contributed by atoms with Crippen LogP contribution >= 0.6 is 0 Å². The highest BCUT2D eigenvalue weighted by atomic mass is 16.6. The lowest BCUT2D eigenvalue weighted by Gasteiger charge is -2.22. The maximum atomic E-state index is 12.1. The van der Waals surface area contributed by atoms with Crippen LogP contribution in [-0.4, -0.2) is 28.1 Å². The first-order chi connectivity index (χ1) is 8.70. The van der Waals surface area contributed by atoms with E-state index in [4.69, 9.17) is 4.74 Å². The van der Waals surface area contributed by atoms with Crippen molar-refractivity contribution in [2.45, 2.75) is 45.6 Å². The summed E-state index contributed by atoms with van der Waals surface area (Å²) >= 11 is 0. The highest BCUT2D eigenvalue weighted by molar-refractivity contribution is 6.10. The fourth-order valence-corrected chi connectivity index (χ4v) is 1.66. The summed E-state index contributed by atoms with van der Waals surface area (Å²) in [5.74, 6) is -2.44. The van der Waals surface area contributed by atoms with Gasteiger partial charge in [-0.1, -0.05) is 0 Å². The third kappa shape index (κ3) is 4.69. The summed E-state index contributed by atoms with van der Waals surface area (Å²) in [4.78, 5) is 38.0. The standard InChI is InChI=1S/C14H19NO4/c1-9(16)8-11(17)12(10-6-5-7-15-10)13(18)19-14(2,3)4/h5-7,12,15H,8H2,1-4H3. The van der Waals surface area contributed by atoms with Gasteiger partial charge in [-0.05, 0) is 39.8 Å². The first kappa shape index (κ1) is 15.1. The lowest BCUT2D eigenvalue weighted by molar-refractivity contribution is -0.158. The molecule has 1 rings (SSSR count). The second-order valence-electron chi connectivity index (χ2n) is 5.44. The molecule has 19 heavy (non-hydrogen) atoms. The molecule has 0 saturated heterocycles. The van der Waals surface area contributed by atoms with Crippen molar-refractivity contribution in [3.8, 4) is 0 Å². The number of hydrogen-bond acceptors (Lipinski definition) is 4. The third-order valence-electron chi connectivity index (χ3n) is 2.32. The average molecular weight is 265 g/mol. The van der Waals surface area contributed by atoms with Crippen molar-refractivity contribution in [2.75, 3.05) is 0 Å². The van der Waals surface area contributed by atoms with Gasteiger partial charge in [0.1, 0.15) is 11.4 Å². The van der Waals surface area contributed by atoms with Crippen molar-refractivity contribution in [2.24, 2.45) is 0 Å². The molecule has 0 aromatic carbocycles. The van der Waals surface area contributed by atoms with Gasteiger partial charge in [-0.2, -0.15) is 0 Å². The van der Waals surface area contributed by atoms with Gasteiger partial charge in [-0.15, -0.1) is 0 Å². The summed E-state index contributed by atoms with van der Waals surface area (Å²) in [6, 6.07) is 3.32. The lowest BCUT2D eigenvalue weighted by atomic mass is 9.96. The quantitative estimate of drug-likeness (QED) is 0.652. The van der Waals surface area contributed by atoms with Crippen LogP contribution in [0.15, 0.2) is 18.3 Å². The molecule has 1 heterocycles. The summed E-state index contributed by atoms with van der Waals surface area (Å²) in [6.07, 6.45) is 1.34. The topological polar surface area (TPSA) is 76.2 Å². The van der Waals surface area contributed by atoms with Crippen LogP contribution in [0.4, 0.5) is 0 Å². The van der Waals surface area contributed by atoms with Crippen LogP contribution in [0.1, 0.15) is 45.7 Å². The molecule has 0 amide bonds. The van der Waals surface area contributed by atoms with E-state index in [0.717, 1.165) is 0 Å². The number of ketones is 2. The molecular weight excluding hydrogens is 246 g/mol. The summed E-state index contributed by atoms with van der Waals surface area (Å²) in [6.45, 7) is 6.50. The normalized spacial score (nSPS) is 12.8. The molecule has 0 radical (unpaired) electrons. The first-order valence-corrected chi connectivity index (χ1v) is 6.09. The molecule has 0 aliphatic heterocycles. The van der Waals surface area contributed by atoms with E-state index in [2.05, 4.69) is 4.98 Å². The van der Waals surface area contributed by atoms with Gasteiger partial charge < -0.3 is 9.72 Å². The van der Waals surface area contributed by atoms with Crippen LogP contribution < -0.4 is 0 Å². The zero-order valence-electron chi connectivity index (χ0n) is 11.6. The maximum Gasteiger partial charge on any atom is 0.323 e. The molecule has 0 spiro atoms. The second kappa shape index (κ2) is 5.82. The summed E-state index contributed by atoms with van der Waals surface area (Å²) in [7, 11) is 0. The molecule has 0 aliphatic carbocycles. The zero-order valence-corrected chi connectivity index (χ0v) is 11.6. The molecule has 5 heteroatoms. The Morgan fingerprint density at radius 2 is 1.95 bits per heavy atom. The maximum absolute atomic E-state index is 12.1. The molecule has 1 unspecified atom stereocenters. The molecular formula is C14H19NO4. The number of aromatic nitrogens is 1. The Hall–Kier alpha value is -1.91. The lowest BCUT2D eigenvalue weighted by Crippen LogP contribution is -2.32. The average Bonchev–Trinajstić information content (AvgIpc) is 2.66. The summed E-state index contributed by atoms with van der Waals surface area (Å²) in [5, 5.41) is 0. The number of Topliss-reactive ketones (excluding diaryl/α,β-unsaturated/α-hetero) is 2. The molecule has 0 bridgehead atoms. The van der Waals surface area contributed by atoms with Gasteiger partial charge in [-0.3, -0.25) is 14.4 Å². The van der Waals surface area contributed by atoms with Crippen molar-refractivity contribution in [3.05, 3.63) is 24.0 Å². The van der Waals surface area contributed by atoms with E-state index in [1.54, 1.807) is 39.1 Å². The van der Waals surface area contributed by atoms with Crippen molar-refractivity contribution in [1.29, 1.82) is 0 Å². The van der Waals surface area contributed by atoms with Gasteiger partial charge >= 0.3 is 5.97 Å². The van der Waals surface area contributed by atoms with E-state index in [1.165, 1.54) is 6.92 Å². The largest absolute Gasteiger partial charge is 0.459 e. The minimum absolute atomic E-state index is 0.273. The smallest absolute Gasteiger partial charge is 0.323 e. The minimum atomic E-state index is -1.07. The number of ether oxygens (including phenoxy) is 1. The number of nitrogens with one attached hydrogen (secondary N) is 1. The summed E-state index contributed by atoms with van der Waals surface area (Å²) in [5.41, 5.74) is -0.237. The van der Waals surface area contributed by atoms with Crippen LogP contribution in [0.5, 0.6) is 0 Å². The van der Waals surface area contributed by atoms with E-state index in [0.29, 0.717) is 5.69 Å². The summed E-state index contributed by atoms with van der Waals surface area (Å²) < 4.78 is 5.24. The number of H-pyrrole nitrogens is 1. The van der Waals surface area contributed by atoms with E-state index >= 15 is 0 Å². The first-order valence-electron chi connectivity index (χ1n) is 6.09. The van der Waals surface area contributed by atoms with Crippen molar-refractivity contribution >= 4 is 17.5 Å². The monoisotopic (exact) mass is 265 g/mol. The molecule has 1 aromatic rings. The number of esters is 1. The van der Waals surface area contributed by atoms with Crippen molar-refractivity contribution in [3.63, 3.8) is 0 Å². The van der Waals surface area contributed by atoms with Crippen LogP contribution in [0.25, 0.3) is 0 Å². The Bertz CT molecular complexity index is 468. The highest BCUT2D eigenvalue weighted by Gasteiger charge is 2.33. The zero-order chi connectivity index (χ0) is 14.6. The molecule has 1 atom stereocenters. The van der Waals surface area contributed by atoms with Gasteiger partial charge in [0, 0.05) is 11.9 Å². The molecule has 1 N–H and O–H groups in total. The van der Waals surface area contributed by atoms with Gasteiger partial charge in [0.15, 0.2) is 11.7 Å². The number of carbonyl (C=O) groups excluding carboxylic acids is 3. The Balaban J connectivity index is 2.97. The van der Waals surface area contributed by atoms with Gasteiger partial charge in [0.25, 0.3) is 0 Å². The molecule has 5 nitrogen and oxygen atoms in total. The fraction of sp³-hybridized carbons (Fsp3) is 0.500. The van der Waals surface area contributed by atoms with E-state index in [9.17, 15) is 14.4 Å². The van der Waals surface area contributed by atoms with Gasteiger partial charge in [0.05, 0.1) is 6.42 Å². The number of hydrogen-bond donors (Lipinski definition) is 1. The number of rotatable bonds is 5. The van der Waals surface area contributed by atoms with Crippen molar-refractivity contribution < 1.29 is 19.1 Å². The van der Waals surface area contributed by atoms with Crippen LogP contribution in [0.2, 0.25) is 0 Å². The Morgan fingerprint density at radius 3 is 2.37 bits per heavy atom. The second-order valence-corrected chi connectivity index (χ2v) is 5.44. The minimum Gasteiger partial charge on any atom is -0.459 e. The number of aromatic amines is 1. The van der Waals surface area contributed by atoms with Gasteiger partial charge in [-0.25, -0.2) is 0 Å². The van der Waals surface area contributed by atoms with Crippen molar-refractivity contribution in [1.82, 2.24) is 4.98 Å². The Labute approximate surface area is 112 Å². The molecule has 0 aliphatic rings.